The zero-order valence-electron chi connectivity index (χ0n) is 16.3. The van der Waals surface area contributed by atoms with Gasteiger partial charge in [-0.25, -0.2) is 0 Å². The molecule has 5 nitrogen and oxygen atoms in total. The smallest absolute Gasteiger partial charge is 0.310 e. The number of hydrogen-bond acceptors (Lipinski definition) is 5. The topological polar surface area (TPSA) is 55.8 Å². The van der Waals surface area contributed by atoms with Gasteiger partial charge in [0, 0.05) is 13.1 Å². The van der Waals surface area contributed by atoms with Crippen molar-refractivity contribution in [3.63, 3.8) is 0 Å². The Balaban J connectivity index is 1.30. The molecule has 0 N–H and O–H groups in total. The monoisotopic (exact) mass is 391 g/mol. The molecule has 2 atom stereocenters. The summed E-state index contributed by atoms with van der Waals surface area (Å²) in [6.45, 7) is 1.94. The van der Waals surface area contributed by atoms with E-state index in [1.807, 2.05) is 60.7 Å². The van der Waals surface area contributed by atoms with Gasteiger partial charge in [0.05, 0.1) is 18.9 Å². The number of ether oxygens (including phenoxy) is 2. The Labute approximate surface area is 170 Å². The van der Waals surface area contributed by atoms with Crippen LogP contribution in [0.25, 0.3) is 0 Å². The van der Waals surface area contributed by atoms with Crippen LogP contribution in [0.5, 0.6) is 0 Å². The van der Waals surface area contributed by atoms with E-state index >= 15 is 0 Å². The predicted molar refractivity (Wildman–Crippen MR) is 109 cm³/mol. The Morgan fingerprint density at radius 2 is 1.52 bits per heavy atom. The molecule has 1 saturated heterocycles. The third kappa shape index (κ3) is 4.93. The highest BCUT2D eigenvalue weighted by atomic mass is 16.5. The van der Waals surface area contributed by atoms with Crippen LogP contribution < -0.4 is 0 Å². The molecule has 2 aliphatic heterocycles. The largest absolute Gasteiger partial charge is 0.461 e. The van der Waals surface area contributed by atoms with Crippen molar-refractivity contribution in [2.75, 3.05) is 19.7 Å². The molecule has 0 saturated carbocycles. The quantitative estimate of drug-likeness (QED) is 0.537. The second-order valence-corrected chi connectivity index (χ2v) is 7.52. The number of hydrogen-bond donors (Lipinski definition) is 0. The Kier molecular flexibility index (Phi) is 6.06. The van der Waals surface area contributed by atoms with E-state index in [0.717, 1.165) is 36.2 Å². The number of rotatable bonds is 7. The summed E-state index contributed by atoms with van der Waals surface area (Å²) >= 11 is 0. The second-order valence-electron chi connectivity index (χ2n) is 7.52. The lowest BCUT2D eigenvalue weighted by Gasteiger charge is -2.24. The standard InChI is InChI=1S/C24H25NO4/c26-22(15-18-7-3-1-4-8-18)28-17-20-11-13-25-14-12-21(24(20)25)29-23(27)16-19-9-5-2-6-10-19/h1-11,21,24H,12-17H2/t21-,24-/m1/s1. The number of carbonyl (C=O) groups is 2. The van der Waals surface area contributed by atoms with E-state index in [1.165, 1.54) is 0 Å². The Hall–Kier alpha value is -2.92. The van der Waals surface area contributed by atoms with Crippen molar-refractivity contribution in [1.82, 2.24) is 4.90 Å². The average molecular weight is 391 g/mol. The van der Waals surface area contributed by atoms with Crippen molar-refractivity contribution in [3.8, 4) is 0 Å². The average Bonchev–Trinajstić information content (AvgIpc) is 3.31. The first-order chi connectivity index (χ1) is 14.2. The summed E-state index contributed by atoms with van der Waals surface area (Å²) in [7, 11) is 0. The van der Waals surface area contributed by atoms with Crippen LogP contribution in [-0.2, 0) is 31.9 Å². The molecule has 0 radical (unpaired) electrons. The van der Waals surface area contributed by atoms with Gasteiger partial charge in [0.25, 0.3) is 0 Å². The summed E-state index contributed by atoms with van der Waals surface area (Å²) in [6.07, 6.45) is 3.25. The van der Waals surface area contributed by atoms with Crippen molar-refractivity contribution in [2.45, 2.75) is 31.4 Å². The highest BCUT2D eigenvalue weighted by molar-refractivity contribution is 5.73. The second kappa shape index (κ2) is 9.05. The van der Waals surface area contributed by atoms with E-state index in [2.05, 4.69) is 11.0 Å². The van der Waals surface area contributed by atoms with Crippen LogP contribution in [0.4, 0.5) is 0 Å². The van der Waals surface area contributed by atoms with Crippen LogP contribution in [-0.4, -0.2) is 48.7 Å². The van der Waals surface area contributed by atoms with E-state index < -0.39 is 0 Å². The Bertz CT molecular complexity index is 878. The molecule has 2 aromatic rings. The van der Waals surface area contributed by atoms with Crippen LogP contribution in [0.15, 0.2) is 72.3 Å². The third-order valence-corrected chi connectivity index (χ3v) is 5.48. The molecule has 2 aromatic carbocycles. The fourth-order valence-corrected chi connectivity index (χ4v) is 4.08. The highest BCUT2D eigenvalue weighted by Gasteiger charge is 2.41. The van der Waals surface area contributed by atoms with Gasteiger partial charge in [0.1, 0.15) is 12.7 Å². The van der Waals surface area contributed by atoms with Gasteiger partial charge in [-0.05, 0) is 23.1 Å². The lowest BCUT2D eigenvalue weighted by Crippen LogP contribution is -2.36. The molecule has 5 heteroatoms. The number of benzene rings is 2. The first-order valence-corrected chi connectivity index (χ1v) is 10.0. The lowest BCUT2D eigenvalue weighted by molar-refractivity contribution is -0.149. The molecule has 0 aromatic heterocycles. The zero-order valence-corrected chi connectivity index (χ0v) is 16.3. The summed E-state index contributed by atoms with van der Waals surface area (Å²) in [5.41, 5.74) is 2.92. The number of esters is 2. The molecule has 2 heterocycles. The normalized spacial score (nSPS) is 20.8. The zero-order chi connectivity index (χ0) is 20.1. The summed E-state index contributed by atoms with van der Waals surface area (Å²) < 4.78 is 11.3. The van der Waals surface area contributed by atoms with Gasteiger partial charge in [-0.15, -0.1) is 0 Å². The van der Waals surface area contributed by atoms with Gasteiger partial charge in [-0.3, -0.25) is 14.5 Å². The molecule has 4 rings (SSSR count). The van der Waals surface area contributed by atoms with E-state index in [4.69, 9.17) is 9.47 Å². The minimum atomic E-state index is -0.244. The van der Waals surface area contributed by atoms with Gasteiger partial charge in [-0.2, -0.15) is 0 Å². The molecular weight excluding hydrogens is 366 g/mol. The highest BCUT2D eigenvalue weighted by Crippen LogP contribution is 2.31. The fraction of sp³-hybridized carbons (Fsp3) is 0.333. The molecule has 0 aliphatic carbocycles. The van der Waals surface area contributed by atoms with Crippen LogP contribution in [0.2, 0.25) is 0 Å². The van der Waals surface area contributed by atoms with E-state index in [0.29, 0.717) is 0 Å². The number of fused-ring (bicyclic) bond motifs is 1. The minimum Gasteiger partial charge on any atom is -0.461 e. The molecule has 1 fully saturated rings. The van der Waals surface area contributed by atoms with Gasteiger partial charge >= 0.3 is 11.9 Å². The van der Waals surface area contributed by atoms with E-state index in [-0.39, 0.29) is 43.5 Å². The van der Waals surface area contributed by atoms with Crippen molar-refractivity contribution >= 4 is 11.9 Å². The van der Waals surface area contributed by atoms with Gasteiger partial charge in [0.15, 0.2) is 0 Å². The maximum atomic E-state index is 12.4. The van der Waals surface area contributed by atoms with Crippen molar-refractivity contribution < 1.29 is 19.1 Å². The number of carbonyl (C=O) groups excluding carboxylic acids is 2. The maximum Gasteiger partial charge on any atom is 0.310 e. The first-order valence-electron chi connectivity index (χ1n) is 10.0. The maximum absolute atomic E-state index is 12.4. The predicted octanol–water partition coefficient (Wildman–Crippen LogP) is 2.94. The minimum absolute atomic E-state index is 0.0132. The molecule has 0 spiro atoms. The summed E-state index contributed by atoms with van der Waals surface area (Å²) in [5.74, 6) is -0.457. The SMILES string of the molecule is O=C(Cc1ccccc1)OCC1=CCN2CC[C@@H](OC(=O)Cc3ccccc3)[C@@H]12. The first kappa shape index (κ1) is 19.4. The fourth-order valence-electron chi connectivity index (χ4n) is 4.08. The van der Waals surface area contributed by atoms with Gasteiger partial charge in [-0.1, -0.05) is 66.7 Å². The molecule has 0 bridgehead atoms. The van der Waals surface area contributed by atoms with Crippen molar-refractivity contribution in [3.05, 3.63) is 83.4 Å². The number of nitrogens with zero attached hydrogens (tertiary/aromatic N) is 1. The van der Waals surface area contributed by atoms with E-state index in [1.54, 1.807) is 0 Å². The summed E-state index contributed by atoms with van der Waals surface area (Å²) in [4.78, 5) is 26.8. The van der Waals surface area contributed by atoms with Crippen LogP contribution in [0.3, 0.4) is 0 Å². The molecular formula is C24H25NO4. The molecule has 0 unspecified atom stereocenters. The summed E-state index contributed by atoms with van der Waals surface area (Å²) in [6, 6.07) is 19.2. The summed E-state index contributed by atoms with van der Waals surface area (Å²) in [5, 5.41) is 0. The molecule has 150 valence electrons. The van der Waals surface area contributed by atoms with E-state index in [9.17, 15) is 9.59 Å². The Morgan fingerprint density at radius 1 is 0.897 bits per heavy atom. The van der Waals surface area contributed by atoms with Crippen molar-refractivity contribution in [2.24, 2.45) is 0 Å². The molecule has 0 amide bonds. The van der Waals surface area contributed by atoms with Crippen molar-refractivity contribution in [1.29, 1.82) is 0 Å². The van der Waals surface area contributed by atoms with Crippen LogP contribution in [0, 0.1) is 0 Å². The van der Waals surface area contributed by atoms with Gasteiger partial charge in [0.2, 0.25) is 0 Å². The lowest BCUT2D eigenvalue weighted by atomic mass is 10.0. The third-order valence-electron chi connectivity index (χ3n) is 5.48. The molecule has 2 aliphatic rings. The Morgan fingerprint density at radius 3 is 2.17 bits per heavy atom. The van der Waals surface area contributed by atoms with Gasteiger partial charge < -0.3 is 9.47 Å². The molecule has 29 heavy (non-hydrogen) atoms. The van der Waals surface area contributed by atoms with Crippen LogP contribution in [0.1, 0.15) is 17.5 Å². The van der Waals surface area contributed by atoms with Crippen LogP contribution >= 0.6 is 0 Å².